The van der Waals surface area contributed by atoms with Crippen molar-refractivity contribution in [3.8, 4) is 5.75 Å². The van der Waals surface area contributed by atoms with E-state index >= 15 is 4.39 Å². The molecule has 1 saturated carbocycles. The average molecular weight is 654 g/mol. The van der Waals surface area contributed by atoms with Gasteiger partial charge in [0, 0.05) is 69.2 Å². The van der Waals surface area contributed by atoms with E-state index in [1.807, 2.05) is 29.2 Å². The lowest BCUT2D eigenvalue weighted by Gasteiger charge is -2.36. The molecule has 3 heterocycles. The van der Waals surface area contributed by atoms with Gasteiger partial charge in [-0.2, -0.15) is 0 Å². The molecule has 1 aliphatic carbocycles. The van der Waals surface area contributed by atoms with Gasteiger partial charge < -0.3 is 19.9 Å². The molecule has 9 nitrogen and oxygen atoms in total. The highest BCUT2D eigenvalue weighted by Crippen LogP contribution is 2.33. The third-order valence-corrected chi connectivity index (χ3v) is 8.78. The molecule has 47 heavy (non-hydrogen) atoms. The maximum atomic E-state index is 15.0. The lowest BCUT2D eigenvalue weighted by atomic mass is 10.0. The van der Waals surface area contributed by atoms with Crippen molar-refractivity contribution in [1.29, 1.82) is 0 Å². The largest absolute Gasteiger partial charge is 0.573 e. The molecule has 2 atom stereocenters. The van der Waals surface area contributed by atoms with Gasteiger partial charge in [0.2, 0.25) is 0 Å². The minimum atomic E-state index is -4.77. The van der Waals surface area contributed by atoms with Crippen molar-refractivity contribution >= 4 is 23.3 Å². The standard InChI is InChI=1S/C34H35F4N5O4/c35-28-21-41(20-22-1-10-27(11-2-22)47-34(36,37)38)14-13-29(28)40-32(45)25-7-12-30(39-19-25)33(46)43-17-15-42(16-18-43)26-8-5-24(6-9-26)31(44)23-3-4-23/h1-2,5-12,19,23,28-29H,3-4,13-18,20-21H2,(H,40,45). The number of amides is 2. The number of aromatic nitrogens is 1. The number of hydrogen-bond donors (Lipinski definition) is 1. The summed E-state index contributed by atoms with van der Waals surface area (Å²) in [6.07, 6.45) is -2.51. The van der Waals surface area contributed by atoms with E-state index < -0.39 is 24.5 Å². The normalized spacial score (nSPS) is 20.5. The first-order valence-electron chi connectivity index (χ1n) is 15.7. The summed E-state index contributed by atoms with van der Waals surface area (Å²) < 4.78 is 56.1. The van der Waals surface area contributed by atoms with Gasteiger partial charge >= 0.3 is 6.36 Å². The maximum absolute atomic E-state index is 15.0. The fraction of sp³-hybridized carbons (Fsp3) is 0.412. The summed E-state index contributed by atoms with van der Waals surface area (Å²) in [6.45, 7) is 3.15. The number of rotatable bonds is 9. The van der Waals surface area contributed by atoms with Crippen LogP contribution in [0.25, 0.3) is 0 Å². The first kappa shape index (κ1) is 32.4. The fourth-order valence-corrected chi connectivity index (χ4v) is 5.98. The molecule has 3 aromatic rings. The molecule has 0 bridgehead atoms. The molecule has 2 saturated heterocycles. The van der Waals surface area contributed by atoms with Crippen LogP contribution in [0.3, 0.4) is 0 Å². The van der Waals surface area contributed by atoms with Crippen LogP contribution in [-0.4, -0.2) is 90.2 Å². The van der Waals surface area contributed by atoms with Crippen LogP contribution >= 0.6 is 0 Å². The van der Waals surface area contributed by atoms with Gasteiger partial charge in [-0.25, -0.2) is 4.39 Å². The molecule has 1 N–H and O–H groups in total. The molecule has 2 unspecified atom stereocenters. The second-order valence-corrected chi connectivity index (χ2v) is 12.2. The summed E-state index contributed by atoms with van der Waals surface area (Å²) >= 11 is 0. The minimum absolute atomic E-state index is 0.0517. The molecule has 1 aromatic heterocycles. The van der Waals surface area contributed by atoms with E-state index in [-0.39, 0.29) is 41.2 Å². The monoisotopic (exact) mass is 653 g/mol. The summed E-state index contributed by atoms with van der Waals surface area (Å²) in [5.74, 6) is -0.656. The van der Waals surface area contributed by atoms with Crippen LogP contribution in [0.5, 0.6) is 5.75 Å². The Morgan fingerprint density at radius 2 is 1.53 bits per heavy atom. The summed E-state index contributed by atoms with van der Waals surface area (Å²) in [5, 5.41) is 2.73. The number of halogens is 4. The van der Waals surface area contributed by atoms with Crippen LogP contribution in [0.4, 0.5) is 23.2 Å². The van der Waals surface area contributed by atoms with Gasteiger partial charge in [-0.1, -0.05) is 12.1 Å². The molecule has 248 valence electrons. The van der Waals surface area contributed by atoms with Crippen molar-refractivity contribution in [1.82, 2.24) is 20.1 Å². The number of hydrogen-bond acceptors (Lipinski definition) is 7. The number of likely N-dealkylation sites (tertiary alicyclic amines) is 1. The Balaban J connectivity index is 0.947. The zero-order valence-corrected chi connectivity index (χ0v) is 25.6. The number of piperazine rings is 1. The fourth-order valence-electron chi connectivity index (χ4n) is 5.98. The number of piperidine rings is 1. The predicted molar refractivity (Wildman–Crippen MR) is 165 cm³/mol. The number of benzene rings is 2. The van der Waals surface area contributed by atoms with Gasteiger partial charge in [-0.15, -0.1) is 13.2 Å². The van der Waals surface area contributed by atoms with Crippen LogP contribution < -0.4 is 15.0 Å². The number of nitrogens with one attached hydrogen (secondary N) is 1. The highest BCUT2D eigenvalue weighted by Gasteiger charge is 2.33. The lowest BCUT2D eigenvalue weighted by Crippen LogP contribution is -2.52. The Morgan fingerprint density at radius 1 is 0.851 bits per heavy atom. The third-order valence-electron chi connectivity index (χ3n) is 8.78. The zero-order chi connectivity index (χ0) is 33.1. The van der Waals surface area contributed by atoms with E-state index in [1.165, 1.54) is 42.6 Å². The summed E-state index contributed by atoms with van der Waals surface area (Å²) in [5.41, 5.74) is 2.89. The SMILES string of the molecule is O=C(NC1CCN(Cc2ccc(OC(F)(F)F)cc2)CC1F)c1ccc(C(=O)N2CCN(c3ccc(C(=O)C4CC4)cc3)CC2)nc1. The molecule has 0 radical (unpaired) electrons. The predicted octanol–water partition coefficient (Wildman–Crippen LogP) is 4.88. The molecule has 2 amide bonds. The first-order chi connectivity index (χ1) is 22.5. The van der Waals surface area contributed by atoms with Gasteiger partial charge in [0.1, 0.15) is 17.6 Å². The topological polar surface area (TPSA) is 95.1 Å². The average Bonchev–Trinajstić information content (AvgIpc) is 3.92. The molecular weight excluding hydrogens is 618 g/mol. The molecule has 2 aliphatic heterocycles. The van der Waals surface area contributed by atoms with Crippen molar-refractivity contribution in [2.45, 2.75) is 44.4 Å². The Kier molecular flexibility index (Phi) is 9.44. The summed E-state index contributed by atoms with van der Waals surface area (Å²) in [6, 6.07) is 15.4. The number of pyridine rings is 1. The smallest absolute Gasteiger partial charge is 0.406 e. The van der Waals surface area contributed by atoms with Crippen molar-refractivity contribution in [2.24, 2.45) is 5.92 Å². The number of alkyl halides is 4. The molecule has 13 heteroatoms. The van der Waals surface area contributed by atoms with Crippen LogP contribution in [0.1, 0.15) is 56.0 Å². The Bertz CT molecular complexity index is 1570. The highest BCUT2D eigenvalue weighted by molar-refractivity contribution is 5.99. The van der Waals surface area contributed by atoms with Crippen molar-refractivity contribution in [3.05, 3.63) is 89.2 Å². The van der Waals surface area contributed by atoms with E-state index in [9.17, 15) is 27.6 Å². The van der Waals surface area contributed by atoms with Crippen LogP contribution in [0.2, 0.25) is 0 Å². The van der Waals surface area contributed by atoms with Crippen molar-refractivity contribution in [3.63, 3.8) is 0 Å². The molecule has 3 fully saturated rings. The Labute approximate surface area is 269 Å². The van der Waals surface area contributed by atoms with Gasteiger partial charge in [0.15, 0.2) is 5.78 Å². The van der Waals surface area contributed by atoms with Gasteiger partial charge in [-0.05, 0) is 73.4 Å². The number of anilines is 1. The molecule has 2 aromatic carbocycles. The minimum Gasteiger partial charge on any atom is -0.406 e. The van der Waals surface area contributed by atoms with E-state index in [0.29, 0.717) is 51.3 Å². The first-order valence-corrected chi connectivity index (χ1v) is 15.7. The number of carbonyl (C=O) groups excluding carboxylic acids is 3. The Morgan fingerprint density at radius 3 is 2.13 bits per heavy atom. The van der Waals surface area contributed by atoms with E-state index in [1.54, 1.807) is 4.90 Å². The van der Waals surface area contributed by atoms with Crippen molar-refractivity contribution in [2.75, 3.05) is 44.2 Å². The quantitative estimate of drug-likeness (QED) is 0.260. The van der Waals surface area contributed by atoms with Crippen molar-refractivity contribution < 1.29 is 36.7 Å². The van der Waals surface area contributed by atoms with Gasteiger partial charge in [0.25, 0.3) is 11.8 Å². The number of ketones is 1. The van der Waals surface area contributed by atoms with E-state index in [2.05, 4.69) is 19.9 Å². The maximum Gasteiger partial charge on any atom is 0.573 e. The summed E-state index contributed by atoms with van der Waals surface area (Å²) in [7, 11) is 0. The molecule has 0 spiro atoms. The van der Waals surface area contributed by atoms with Gasteiger partial charge in [0.05, 0.1) is 11.6 Å². The third kappa shape index (κ3) is 8.26. The zero-order valence-electron chi connectivity index (χ0n) is 25.6. The number of ether oxygens (including phenoxy) is 1. The van der Waals surface area contributed by atoms with E-state index in [4.69, 9.17) is 0 Å². The van der Waals surface area contributed by atoms with E-state index in [0.717, 1.165) is 24.1 Å². The summed E-state index contributed by atoms with van der Waals surface area (Å²) in [4.78, 5) is 48.2. The van der Waals surface area contributed by atoms with Crippen LogP contribution in [0, 0.1) is 5.92 Å². The molecular formula is C34H35F4N5O4. The molecule has 3 aliphatic rings. The van der Waals surface area contributed by atoms with Crippen LogP contribution in [0.15, 0.2) is 66.9 Å². The number of Topliss-reactive ketones (excluding diaryl/α,β-unsaturated/α-hetero) is 1. The lowest BCUT2D eigenvalue weighted by molar-refractivity contribution is -0.274. The molecule has 6 rings (SSSR count). The number of nitrogens with zero attached hydrogens (tertiary/aromatic N) is 4. The highest BCUT2D eigenvalue weighted by atomic mass is 19.4. The second kappa shape index (κ2) is 13.7. The van der Waals surface area contributed by atoms with Crippen LogP contribution in [-0.2, 0) is 6.54 Å². The Hall–Kier alpha value is -4.52. The second-order valence-electron chi connectivity index (χ2n) is 12.2. The van der Waals surface area contributed by atoms with Gasteiger partial charge in [-0.3, -0.25) is 24.3 Å². The number of carbonyl (C=O) groups is 3.